The van der Waals surface area contributed by atoms with E-state index in [-0.39, 0.29) is 30.6 Å². The van der Waals surface area contributed by atoms with Gasteiger partial charge in [-0.25, -0.2) is 8.42 Å². The number of carbonyl (C=O) groups excluding carboxylic acids is 2. The number of nitrogens with one attached hydrogen (secondary N) is 1. The molecule has 3 aromatic carbocycles. The van der Waals surface area contributed by atoms with Gasteiger partial charge in [-0.1, -0.05) is 96.5 Å². The maximum Gasteiger partial charge on any atom is 0.244 e. The lowest BCUT2D eigenvalue weighted by atomic mass is 9.94. The Morgan fingerprint density at radius 2 is 1.60 bits per heavy atom. The molecule has 4 rings (SSSR count). The highest BCUT2D eigenvalue weighted by molar-refractivity contribution is 7.92. The Labute approximate surface area is 262 Å². The monoisotopic (exact) mass is 649 g/mol. The van der Waals surface area contributed by atoms with Gasteiger partial charge in [0.05, 0.1) is 11.9 Å². The third-order valence-electron chi connectivity index (χ3n) is 7.35. The van der Waals surface area contributed by atoms with Crippen molar-refractivity contribution in [3.63, 3.8) is 0 Å². The third-order valence-corrected chi connectivity index (χ3v) is 9.32. The van der Waals surface area contributed by atoms with Gasteiger partial charge in [0.2, 0.25) is 21.8 Å². The maximum atomic E-state index is 14.2. The highest BCUT2D eigenvalue weighted by Gasteiger charge is 2.34. The lowest BCUT2D eigenvalue weighted by Gasteiger charge is -2.35. The number of anilines is 1. The Bertz CT molecular complexity index is 1500. The second kappa shape index (κ2) is 14.6. The van der Waals surface area contributed by atoms with E-state index in [2.05, 4.69) is 5.32 Å². The maximum absolute atomic E-state index is 14.2. The van der Waals surface area contributed by atoms with E-state index in [4.69, 9.17) is 34.8 Å². The smallest absolute Gasteiger partial charge is 0.244 e. The zero-order valence-electron chi connectivity index (χ0n) is 23.3. The van der Waals surface area contributed by atoms with Crippen LogP contribution in [0.25, 0.3) is 0 Å². The van der Waals surface area contributed by atoms with Crippen molar-refractivity contribution < 1.29 is 18.0 Å². The largest absolute Gasteiger partial charge is 0.352 e. The van der Waals surface area contributed by atoms with Crippen molar-refractivity contribution >= 4 is 62.3 Å². The first-order chi connectivity index (χ1) is 20.0. The van der Waals surface area contributed by atoms with Crippen LogP contribution in [0.3, 0.4) is 0 Å². The van der Waals surface area contributed by atoms with Crippen molar-refractivity contribution in [2.75, 3.05) is 17.1 Å². The molecule has 224 valence electrons. The number of rotatable bonds is 11. The molecule has 3 aromatic rings. The van der Waals surface area contributed by atoms with E-state index in [9.17, 15) is 18.0 Å². The van der Waals surface area contributed by atoms with E-state index in [1.54, 1.807) is 36.4 Å². The first kappa shape index (κ1) is 32.1. The molecule has 0 unspecified atom stereocenters. The number of hydrogen-bond donors (Lipinski definition) is 1. The van der Waals surface area contributed by atoms with Gasteiger partial charge < -0.3 is 10.2 Å². The number of halogens is 3. The van der Waals surface area contributed by atoms with Crippen LogP contribution in [0.1, 0.15) is 43.2 Å². The van der Waals surface area contributed by atoms with Crippen molar-refractivity contribution in [3.8, 4) is 0 Å². The van der Waals surface area contributed by atoms with Crippen LogP contribution < -0.4 is 9.62 Å². The van der Waals surface area contributed by atoms with E-state index >= 15 is 0 Å². The molecule has 0 aliphatic heterocycles. The lowest BCUT2D eigenvalue weighted by molar-refractivity contribution is -0.140. The summed E-state index contributed by atoms with van der Waals surface area (Å²) < 4.78 is 26.8. The number of amides is 2. The molecule has 0 heterocycles. The Morgan fingerprint density at radius 1 is 0.905 bits per heavy atom. The van der Waals surface area contributed by atoms with Crippen LogP contribution in [0.5, 0.6) is 0 Å². The van der Waals surface area contributed by atoms with Crippen LogP contribution in [0.2, 0.25) is 15.1 Å². The number of nitrogens with zero attached hydrogens (tertiary/aromatic N) is 2. The topological polar surface area (TPSA) is 86.8 Å². The third kappa shape index (κ3) is 8.86. The van der Waals surface area contributed by atoms with E-state index in [1.807, 2.05) is 30.3 Å². The van der Waals surface area contributed by atoms with E-state index in [0.717, 1.165) is 48.2 Å². The SMILES string of the molecule is CS(=O)(=O)N(CC(=O)N(Cc1ccc(Cl)cc1Cl)[C@@H](Cc1ccccc1)C(=O)NC1CCCCC1)c1cccc(Cl)c1. The Kier molecular flexibility index (Phi) is 11.2. The molecule has 1 fully saturated rings. The van der Waals surface area contributed by atoms with Gasteiger partial charge in [-0.2, -0.15) is 0 Å². The van der Waals surface area contributed by atoms with Crippen molar-refractivity contribution in [2.45, 2.75) is 57.2 Å². The molecule has 1 aliphatic carbocycles. The summed E-state index contributed by atoms with van der Waals surface area (Å²) in [6.45, 7) is -0.566. The van der Waals surface area contributed by atoms with Gasteiger partial charge in [-0.15, -0.1) is 0 Å². The summed E-state index contributed by atoms with van der Waals surface area (Å²) in [5.41, 5.74) is 1.68. The Hall–Kier alpha value is -2.78. The molecule has 11 heteroatoms. The minimum absolute atomic E-state index is 0.0135. The van der Waals surface area contributed by atoms with Crippen LogP contribution in [0, 0.1) is 0 Å². The summed E-state index contributed by atoms with van der Waals surface area (Å²) in [6, 6.07) is 19.7. The normalized spacial score (nSPS) is 14.7. The molecule has 0 radical (unpaired) electrons. The highest BCUT2D eigenvalue weighted by atomic mass is 35.5. The standard InChI is InChI=1S/C31H34Cl3N3O4S/c1-42(40,41)37(27-14-8-11-24(32)18-27)21-30(38)36(20-23-15-16-25(33)19-28(23)34)29(17-22-9-4-2-5-10-22)31(39)35-26-12-6-3-7-13-26/h2,4-5,8-11,14-16,18-19,26,29H,3,6-7,12-13,17,20-21H2,1H3,(H,35,39)/t29-/m0/s1. The van der Waals surface area contributed by atoms with Gasteiger partial charge in [-0.3, -0.25) is 13.9 Å². The van der Waals surface area contributed by atoms with Gasteiger partial charge in [-0.05, 0) is 54.3 Å². The quantitative estimate of drug-likeness (QED) is 0.257. The molecular weight excluding hydrogens is 617 g/mol. The first-order valence-corrected chi connectivity index (χ1v) is 16.8. The van der Waals surface area contributed by atoms with Gasteiger partial charge in [0.1, 0.15) is 12.6 Å². The molecule has 0 spiro atoms. The summed E-state index contributed by atoms with van der Waals surface area (Å²) in [5.74, 6) is -0.857. The molecular formula is C31H34Cl3N3O4S. The van der Waals surface area contributed by atoms with Gasteiger partial charge >= 0.3 is 0 Å². The van der Waals surface area contributed by atoms with Gasteiger partial charge in [0.25, 0.3) is 0 Å². The number of hydrogen-bond acceptors (Lipinski definition) is 4. The molecule has 0 saturated heterocycles. The molecule has 0 aromatic heterocycles. The molecule has 0 bridgehead atoms. The Morgan fingerprint density at radius 3 is 2.24 bits per heavy atom. The fourth-order valence-corrected chi connectivity index (χ4v) is 6.67. The fraction of sp³-hybridized carbons (Fsp3) is 0.355. The Balaban J connectivity index is 1.74. The second-order valence-electron chi connectivity index (χ2n) is 10.6. The van der Waals surface area contributed by atoms with E-state index in [1.165, 1.54) is 11.0 Å². The van der Waals surface area contributed by atoms with Crippen LogP contribution >= 0.6 is 34.8 Å². The van der Waals surface area contributed by atoms with Gasteiger partial charge in [0, 0.05) is 34.1 Å². The summed E-state index contributed by atoms with van der Waals surface area (Å²) in [5, 5.41) is 4.26. The van der Waals surface area contributed by atoms with Crippen molar-refractivity contribution in [1.29, 1.82) is 0 Å². The average Bonchev–Trinajstić information content (AvgIpc) is 2.95. The number of benzene rings is 3. The summed E-state index contributed by atoms with van der Waals surface area (Å²) in [6.07, 6.45) is 6.19. The highest BCUT2D eigenvalue weighted by Crippen LogP contribution is 2.26. The molecule has 7 nitrogen and oxygen atoms in total. The van der Waals surface area contributed by atoms with E-state index < -0.39 is 28.5 Å². The van der Waals surface area contributed by atoms with E-state index in [0.29, 0.717) is 20.6 Å². The van der Waals surface area contributed by atoms with Crippen LogP contribution in [0.15, 0.2) is 72.8 Å². The minimum atomic E-state index is -3.89. The van der Waals surface area contributed by atoms with Crippen molar-refractivity contribution in [2.24, 2.45) is 0 Å². The summed E-state index contributed by atoms with van der Waals surface area (Å²) >= 11 is 18.8. The first-order valence-electron chi connectivity index (χ1n) is 13.8. The second-order valence-corrected chi connectivity index (χ2v) is 13.7. The zero-order chi connectivity index (χ0) is 30.3. The average molecular weight is 651 g/mol. The number of carbonyl (C=O) groups is 2. The van der Waals surface area contributed by atoms with Gasteiger partial charge in [0.15, 0.2) is 0 Å². The minimum Gasteiger partial charge on any atom is -0.352 e. The number of sulfonamides is 1. The molecule has 1 N–H and O–H groups in total. The van der Waals surface area contributed by atoms with Crippen molar-refractivity contribution in [3.05, 3.63) is 99.0 Å². The summed E-state index contributed by atoms with van der Waals surface area (Å²) in [7, 11) is -3.89. The molecule has 2 amide bonds. The van der Waals surface area contributed by atoms with Crippen LogP contribution in [0.4, 0.5) is 5.69 Å². The molecule has 1 saturated carbocycles. The molecule has 42 heavy (non-hydrogen) atoms. The van der Waals surface area contributed by atoms with Crippen LogP contribution in [-0.4, -0.2) is 50.0 Å². The predicted octanol–water partition coefficient (Wildman–Crippen LogP) is 6.50. The lowest BCUT2D eigenvalue weighted by Crippen LogP contribution is -2.55. The molecule has 1 atom stereocenters. The zero-order valence-corrected chi connectivity index (χ0v) is 26.4. The van der Waals surface area contributed by atoms with Crippen molar-refractivity contribution in [1.82, 2.24) is 10.2 Å². The summed E-state index contributed by atoms with van der Waals surface area (Å²) in [4.78, 5) is 29.6. The predicted molar refractivity (Wildman–Crippen MR) is 170 cm³/mol. The van der Waals surface area contributed by atoms with Crippen LogP contribution in [-0.2, 0) is 32.6 Å². The fourth-order valence-electron chi connectivity index (χ4n) is 5.18. The molecule has 1 aliphatic rings.